The summed E-state index contributed by atoms with van der Waals surface area (Å²) < 4.78 is 5.22. The van der Waals surface area contributed by atoms with Crippen LogP contribution in [0.4, 0.5) is 0 Å². The molecule has 0 heterocycles. The Hall–Kier alpha value is -1.06. The van der Waals surface area contributed by atoms with Crippen LogP contribution in [-0.4, -0.2) is 31.5 Å². The van der Waals surface area contributed by atoms with Crippen LogP contribution >= 0.6 is 8.58 Å². The van der Waals surface area contributed by atoms with Crippen molar-refractivity contribution in [3.8, 4) is 5.75 Å². The summed E-state index contributed by atoms with van der Waals surface area (Å²) in [7, 11) is 1.80. The zero-order chi connectivity index (χ0) is 16.4. The van der Waals surface area contributed by atoms with Crippen LogP contribution in [0.3, 0.4) is 0 Å². The summed E-state index contributed by atoms with van der Waals surface area (Å²) in [5, 5.41) is 1.09. The van der Waals surface area contributed by atoms with Gasteiger partial charge in [-0.05, 0) is 88.5 Å². The van der Waals surface area contributed by atoms with Gasteiger partial charge in [0.15, 0.2) is 5.52 Å². The van der Waals surface area contributed by atoms with Gasteiger partial charge in [0, 0.05) is 5.56 Å². The van der Waals surface area contributed by atoms with Gasteiger partial charge in [-0.3, -0.25) is 4.79 Å². The number of hydrogen-bond donors (Lipinski definition) is 0. The average Bonchev–Trinajstić information content (AvgIpc) is 2.47. The van der Waals surface area contributed by atoms with E-state index in [4.69, 9.17) is 4.74 Å². The zero-order valence-corrected chi connectivity index (χ0v) is 15.1. The normalized spacial score (nSPS) is 10.7. The Morgan fingerprint density at radius 1 is 0.913 bits per heavy atom. The van der Waals surface area contributed by atoms with E-state index in [1.165, 1.54) is 11.1 Å². The monoisotopic (exact) mass is 322 g/mol. The van der Waals surface area contributed by atoms with Crippen molar-refractivity contribution in [1.29, 1.82) is 0 Å². The molecule has 2 nitrogen and oxygen atoms in total. The average molecular weight is 322 g/mol. The first-order valence-electron chi connectivity index (χ1n) is 7.38. The third kappa shape index (κ3) is 4.27. The van der Waals surface area contributed by atoms with Crippen molar-refractivity contribution in [1.82, 2.24) is 0 Å². The molecule has 0 amide bonds. The molecule has 0 aliphatic heterocycles. The molecular weight excluding hydrogens is 298 g/mol. The number of methoxy groups -OCH3 is 1. The third-order valence-electron chi connectivity index (χ3n) is 4.27. The van der Waals surface area contributed by atoms with Crippen molar-refractivity contribution in [2.75, 3.05) is 7.11 Å². The van der Waals surface area contributed by atoms with Crippen LogP contribution in [0.15, 0.2) is 24.3 Å². The SMILES string of the molecule is COc1ccc(PC(=O)c2c(C)cc(C)c(C)c2C)c(C)c1.[LiH]. The van der Waals surface area contributed by atoms with Crippen molar-refractivity contribution < 1.29 is 9.53 Å². The summed E-state index contributed by atoms with van der Waals surface area (Å²) in [6.45, 7) is 10.3. The number of rotatable bonds is 4. The first-order chi connectivity index (χ1) is 10.3. The van der Waals surface area contributed by atoms with Gasteiger partial charge in [-0.2, -0.15) is 0 Å². The van der Waals surface area contributed by atoms with Gasteiger partial charge in [0.25, 0.3) is 0 Å². The summed E-state index contributed by atoms with van der Waals surface area (Å²) in [6.07, 6.45) is 0. The van der Waals surface area contributed by atoms with E-state index in [1.807, 2.05) is 39.0 Å². The van der Waals surface area contributed by atoms with E-state index in [1.54, 1.807) is 7.11 Å². The molecule has 118 valence electrons. The Labute approximate surface area is 153 Å². The van der Waals surface area contributed by atoms with Crippen molar-refractivity contribution >= 4 is 38.3 Å². The fourth-order valence-corrected chi connectivity index (χ4v) is 3.91. The molecule has 2 aromatic rings. The fourth-order valence-electron chi connectivity index (χ4n) is 2.72. The van der Waals surface area contributed by atoms with Gasteiger partial charge in [0.05, 0.1) is 7.11 Å². The van der Waals surface area contributed by atoms with Crippen LogP contribution in [0.5, 0.6) is 5.75 Å². The molecule has 1 unspecified atom stereocenters. The molecule has 2 aromatic carbocycles. The molecule has 0 aromatic heterocycles. The van der Waals surface area contributed by atoms with E-state index in [-0.39, 0.29) is 33.0 Å². The minimum atomic E-state index is 0. The predicted molar refractivity (Wildman–Crippen MR) is 103 cm³/mol. The molecule has 0 radical (unpaired) electrons. The van der Waals surface area contributed by atoms with Gasteiger partial charge in [0.1, 0.15) is 5.75 Å². The second kappa shape index (κ2) is 8.16. The van der Waals surface area contributed by atoms with E-state index < -0.39 is 0 Å². The Kier molecular flexibility index (Phi) is 7.09. The van der Waals surface area contributed by atoms with E-state index in [9.17, 15) is 4.79 Å². The molecule has 1 atom stereocenters. The third-order valence-corrected chi connectivity index (χ3v) is 5.57. The molecule has 0 N–H and O–H groups in total. The van der Waals surface area contributed by atoms with E-state index in [2.05, 4.69) is 19.9 Å². The molecule has 2 rings (SSSR count). The summed E-state index contributed by atoms with van der Waals surface area (Å²) in [5.74, 6) is 0.831. The number of aryl methyl sites for hydroxylation is 3. The molecule has 0 fully saturated rings. The Bertz CT molecular complexity index is 739. The molecule has 23 heavy (non-hydrogen) atoms. The summed E-state index contributed by atoms with van der Waals surface area (Å²) in [5.41, 5.74) is 6.85. The molecule has 4 heteroatoms. The van der Waals surface area contributed by atoms with Crippen LogP contribution in [0, 0.1) is 34.6 Å². The van der Waals surface area contributed by atoms with Gasteiger partial charge in [-0.1, -0.05) is 12.1 Å². The topological polar surface area (TPSA) is 26.3 Å². The first-order valence-corrected chi connectivity index (χ1v) is 8.38. The van der Waals surface area contributed by atoms with Crippen molar-refractivity contribution in [3.05, 3.63) is 57.6 Å². The summed E-state index contributed by atoms with van der Waals surface area (Å²) in [4.78, 5) is 12.8. The van der Waals surface area contributed by atoms with E-state index in [0.29, 0.717) is 0 Å². The second-order valence-electron chi connectivity index (χ2n) is 5.77. The number of carbonyl (C=O) groups excluding carboxylic acids is 1. The summed E-state index contributed by atoms with van der Waals surface area (Å²) >= 11 is 0. The quantitative estimate of drug-likeness (QED) is 0.633. The van der Waals surface area contributed by atoms with Crippen LogP contribution < -0.4 is 10.0 Å². The Morgan fingerprint density at radius 2 is 1.57 bits per heavy atom. The summed E-state index contributed by atoms with van der Waals surface area (Å²) in [6, 6.07) is 8.01. The van der Waals surface area contributed by atoms with Gasteiger partial charge in [-0.15, -0.1) is 0 Å². The first kappa shape index (κ1) is 20.0. The van der Waals surface area contributed by atoms with Gasteiger partial charge in [0.2, 0.25) is 0 Å². The van der Waals surface area contributed by atoms with Crippen LogP contribution in [-0.2, 0) is 0 Å². The Morgan fingerprint density at radius 3 is 2.13 bits per heavy atom. The van der Waals surface area contributed by atoms with Gasteiger partial charge < -0.3 is 4.74 Å². The molecule has 0 saturated carbocycles. The van der Waals surface area contributed by atoms with Gasteiger partial charge >= 0.3 is 18.9 Å². The maximum absolute atomic E-state index is 12.8. The van der Waals surface area contributed by atoms with E-state index >= 15 is 0 Å². The zero-order valence-electron chi connectivity index (χ0n) is 14.1. The molecular formula is C19H24LiO2P. The maximum atomic E-state index is 12.8. The van der Waals surface area contributed by atoms with Crippen LogP contribution in [0.25, 0.3) is 0 Å². The van der Waals surface area contributed by atoms with Crippen molar-refractivity contribution in [2.45, 2.75) is 34.6 Å². The molecule has 0 spiro atoms. The number of carbonyl (C=O) groups is 1. The van der Waals surface area contributed by atoms with Crippen molar-refractivity contribution in [3.63, 3.8) is 0 Å². The molecule has 0 bridgehead atoms. The molecule has 0 aliphatic rings. The molecule has 0 saturated heterocycles. The minimum absolute atomic E-state index is 0. The molecule has 0 aliphatic carbocycles. The van der Waals surface area contributed by atoms with Crippen molar-refractivity contribution in [2.24, 2.45) is 0 Å². The Balaban J connectivity index is 0.00000264. The van der Waals surface area contributed by atoms with Gasteiger partial charge in [-0.25, -0.2) is 0 Å². The predicted octanol–water partition coefficient (Wildman–Crippen LogP) is 3.73. The van der Waals surface area contributed by atoms with E-state index in [0.717, 1.165) is 33.3 Å². The standard InChI is InChI=1S/C19H23O2P.Li.H/c1-11-9-13(3)18(15(5)14(11)4)19(20)22-17-8-7-16(21-6)10-12(17)2;;/h7-10,22H,1-6H3;;. The second-order valence-corrected chi connectivity index (χ2v) is 7.01. The van der Waals surface area contributed by atoms with Crippen LogP contribution in [0.2, 0.25) is 0 Å². The number of benzene rings is 2. The number of ether oxygens (including phenoxy) is 1. The van der Waals surface area contributed by atoms with Crippen LogP contribution in [0.1, 0.15) is 38.2 Å². The number of hydrogen-bond acceptors (Lipinski definition) is 2. The fraction of sp³-hybridized carbons (Fsp3) is 0.316.